The molecule has 2 N–H and O–H groups in total. The van der Waals surface area contributed by atoms with Crippen LogP contribution in [-0.4, -0.2) is 64.3 Å². The van der Waals surface area contributed by atoms with Gasteiger partial charge in [0.2, 0.25) is 0 Å². The van der Waals surface area contributed by atoms with Crippen LogP contribution in [0, 0.1) is 23.2 Å². The third-order valence-corrected chi connectivity index (χ3v) is 8.91. The van der Waals surface area contributed by atoms with Crippen molar-refractivity contribution in [2.45, 2.75) is 95.7 Å². The molecule has 5 rings (SSSR count). The molecule has 3 saturated carbocycles. The summed E-state index contributed by atoms with van der Waals surface area (Å²) < 4.78 is 44.3. The topological polar surface area (TPSA) is 93.1 Å². The third-order valence-electron chi connectivity index (χ3n) is 8.91. The quantitative estimate of drug-likeness (QED) is 0.638. The predicted octanol–water partition coefficient (Wildman–Crippen LogP) is 3.39. The smallest absolute Gasteiger partial charge is 0.193 e. The molecule has 2 unspecified atom stereocenters. The molecule has 0 aromatic heterocycles. The Labute approximate surface area is 199 Å². The van der Waals surface area contributed by atoms with Gasteiger partial charge in [0.05, 0.1) is 12.2 Å². The number of ketones is 2. The maximum atomic E-state index is 16.8. The number of aliphatic hydroxyl groups is 2. The number of alkyl halides is 2. The second-order valence-electron chi connectivity index (χ2n) is 10.3. The van der Waals surface area contributed by atoms with E-state index in [0.717, 1.165) is 12.5 Å². The number of rotatable bonds is 4. The van der Waals surface area contributed by atoms with Gasteiger partial charge < -0.3 is 19.7 Å². The first-order valence-electron chi connectivity index (χ1n) is 12.6. The van der Waals surface area contributed by atoms with Gasteiger partial charge >= 0.3 is 0 Å². The highest BCUT2D eigenvalue weighted by Crippen LogP contribution is 2.69. The van der Waals surface area contributed by atoms with Crippen molar-refractivity contribution in [2.24, 2.45) is 23.2 Å². The number of hydrogen-bond donors (Lipinski definition) is 2. The summed E-state index contributed by atoms with van der Waals surface area (Å²) in [7, 11) is 0. The highest BCUT2D eigenvalue weighted by Gasteiger charge is 2.78. The Hall–Kier alpha value is -1.48. The van der Waals surface area contributed by atoms with Gasteiger partial charge in [-0.3, -0.25) is 9.59 Å². The molecular weight excluding hydrogens is 446 g/mol. The molecule has 5 aliphatic rings. The van der Waals surface area contributed by atoms with Crippen molar-refractivity contribution in [3.8, 4) is 0 Å². The number of ether oxygens (including phenoxy) is 2. The minimum Gasteiger partial charge on any atom is -0.390 e. The Bertz CT molecular complexity index is 904. The van der Waals surface area contributed by atoms with Crippen molar-refractivity contribution in [1.82, 2.24) is 0 Å². The number of allylic oxidation sites excluding steroid dienone is 4. The van der Waals surface area contributed by atoms with E-state index < -0.39 is 71.5 Å². The van der Waals surface area contributed by atoms with Gasteiger partial charge in [-0.2, -0.15) is 0 Å². The number of hydrogen-bond acceptors (Lipinski definition) is 6. The molecule has 0 aromatic rings. The largest absolute Gasteiger partial charge is 0.390 e. The van der Waals surface area contributed by atoms with Crippen molar-refractivity contribution in [3.63, 3.8) is 0 Å². The minimum atomic E-state index is -2.17. The number of aliphatic hydroxyl groups excluding tert-OH is 2. The lowest BCUT2D eigenvalue weighted by atomic mass is 9.48. The normalized spacial score (nSPS) is 48.6. The first-order chi connectivity index (χ1) is 16.1. The van der Waals surface area contributed by atoms with Gasteiger partial charge in [-0.1, -0.05) is 40.2 Å². The molecule has 0 amide bonds. The second kappa shape index (κ2) is 8.87. The SMILES string of the molecule is CC.CCC[C@@H]1O[C@@H]2CC3C4C[C@H](F)C5=CC(=O)C=C[C@H]5[C@@]4(F)[C@@H](O)C[C@]3(C)[C@]2(C(=O)CO)O1. The van der Waals surface area contributed by atoms with Crippen molar-refractivity contribution < 1.29 is 38.1 Å². The highest BCUT2D eigenvalue weighted by molar-refractivity contribution is 6.01. The molecule has 190 valence electrons. The van der Waals surface area contributed by atoms with Crippen molar-refractivity contribution in [3.05, 3.63) is 23.8 Å². The summed E-state index contributed by atoms with van der Waals surface area (Å²) in [6.07, 6.45) is 0.773. The van der Waals surface area contributed by atoms with Crippen molar-refractivity contribution in [2.75, 3.05) is 6.61 Å². The van der Waals surface area contributed by atoms with Gasteiger partial charge in [0.1, 0.15) is 18.4 Å². The Balaban J connectivity index is 0.00000133. The predicted molar refractivity (Wildman–Crippen MR) is 120 cm³/mol. The molecular formula is C26H36F2O6. The summed E-state index contributed by atoms with van der Waals surface area (Å²) >= 11 is 0. The summed E-state index contributed by atoms with van der Waals surface area (Å²) in [4.78, 5) is 24.9. The van der Waals surface area contributed by atoms with Gasteiger partial charge in [0.15, 0.2) is 23.5 Å². The number of carbonyl (C=O) groups excluding carboxylic acids is 2. The van der Waals surface area contributed by atoms with Crippen LogP contribution in [0.4, 0.5) is 8.78 Å². The van der Waals surface area contributed by atoms with Crippen LogP contribution in [0.25, 0.3) is 0 Å². The third kappa shape index (κ3) is 3.18. The fraction of sp³-hybridized carbons (Fsp3) is 0.769. The Morgan fingerprint density at radius 3 is 2.62 bits per heavy atom. The monoisotopic (exact) mass is 482 g/mol. The van der Waals surface area contributed by atoms with Crippen LogP contribution in [-0.2, 0) is 19.1 Å². The molecule has 4 fully saturated rings. The van der Waals surface area contributed by atoms with Crippen LogP contribution in [0.1, 0.15) is 59.8 Å². The van der Waals surface area contributed by atoms with E-state index >= 15 is 8.78 Å². The highest BCUT2D eigenvalue weighted by atomic mass is 19.1. The first-order valence-corrected chi connectivity index (χ1v) is 12.6. The molecule has 10 atom stereocenters. The Kier molecular flexibility index (Phi) is 6.68. The zero-order valence-electron chi connectivity index (χ0n) is 20.3. The fourth-order valence-electron chi connectivity index (χ4n) is 7.58. The molecule has 0 aromatic carbocycles. The van der Waals surface area contributed by atoms with E-state index in [-0.39, 0.29) is 30.6 Å². The molecule has 0 bridgehead atoms. The standard InChI is InChI=1S/C24H30F2O6.C2H6/c1-3-4-21-31-20-9-15-16-8-17(25)13-7-12(28)5-6-14(13)23(16,26)18(29)10-22(15,2)24(20,32-21)19(30)11-27;1-2/h5-7,14-18,20-21,27,29H,3-4,8-11H2,1-2H3;1-2H3/t14-,15?,16?,17+,18+,20-,21-,22+,23+,24-;/m1./s1. The molecule has 34 heavy (non-hydrogen) atoms. The van der Waals surface area contributed by atoms with Gasteiger partial charge in [0, 0.05) is 17.3 Å². The summed E-state index contributed by atoms with van der Waals surface area (Å²) in [5.41, 5.74) is -4.63. The molecule has 1 aliphatic heterocycles. The van der Waals surface area contributed by atoms with Gasteiger partial charge in [-0.15, -0.1) is 0 Å². The van der Waals surface area contributed by atoms with E-state index in [1.54, 1.807) is 6.92 Å². The minimum absolute atomic E-state index is 0.0775. The summed E-state index contributed by atoms with van der Waals surface area (Å²) in [6.45, 7) is 6.99. The molecule has 1 saturated heterocycles. The second-order valence-corrected chi connectivity index (χ2v) is 10.3. The van der Waals surface area contributed by atoms with Crippen LogP contribution >= 0.6 is 0 Å². The summed E-state index contributed by atoms with van der Waals surface area (Å²) in [5, 5.41) is 21.0. The lowest BCUT2D eigenvalue weighted by Gasteiger charge is -2.59. The van der Waals surface area contributed by atoms with Gasteiger partial charge in [-0.05, 0) is 49.3 Å². The number of Topliss-reactive ketones (excluding diaryl/α,β-unsaturated/α-hetero) is 1. The van der Waals surface area contributed by atoms with Crippen molar-refractivity contribution in [1.29, 1.82) is 0 Å². The van der Waals surface area contributed by atoms with Crippen molar-refractivity contribution >= 4 is 11.6 Å². The van der Waals surface area contributed by atoms with E-state index in [9.17, 15) is 19.8 Å². The van der Waals surface area contributed by atoms with Crippen LogP contribution in [0.15, 0.2) is 23.8 Å². The average molecular weight is 483 g/mol. The number of fused-ring (bicyclic) bond motifs is 7. The molecule has 8 heteroatoms. The number of carbonyl (C=O) groups is 2. The number of halogens is 2. The zero-order chi connectivity index (χ0) is 25.1. The van der Waals surface area contributed by atoms with Gasteiger partial charge in [0.25, 0.3) is 0 Å². The van der Waals surface area contributed by atoms with Crippen LogP contribution < -0.4 is 0 Å². The van der Waals surface area contributed by atoms with E-state index in [4.69, 9.17) is 9.47 Å². The molecule has 0 radical (unpaired) electrons. The zero-order valence-corrected chi connectivity index (χ0v) is 20.3. The molecule has 0 spiro atoms. The van der Waals surface area contributed by atoms with Crippen LogP contribution in [0.5, 0.6) is 0 Å². The van der Waals surface area contributed by atoms with Crippen LogP contribution in [0.2, 0.25) is 0 Å². The maximum Gasteiger partial charge on any atom is 0.193 e. The molecule has 1 heterocycles. The summed E-state index contributed by atoms with van der Waals surface area (Å²) in [6, 6.07) is 0. The Morgan fingerprint density at radius 2 is 1.97 bits per heavy atom. The van der Waals surface area contributed by atoms with E-state index in [1.807, 2.05) is 20.8 Å². The molecule has 4 aliphatic carbocycles. The first kappa shape index (κ1) is 25.6. The summed E-state index contributed by atoms with van der Waals surface area (Å²) in [5.74, 6) is -3.35. The van der Waals surface area contributed by atoms with E-state index in [0.29, 0.717) is 6.42 Å². The Morgan fingerprint density at radius 1 is 1.26 bits per heavy atom. The van der Waals surface area contributed by atoms with Gasteiger partial charge in [-0.25, -0.2) is 8.78 Å². The fourth-order valence-corrected chi connectivity index (χ4v) is 7.58. The van der Waals surface area contributed by atoms with E-state index in [1.165, 1.54) is 12.2 Å². The average Bonchev–Trinajstić information content (AvgIpc) is 3.29. The van der Waals surface area contributed by atoms with E-state index in [2.05, 4.69) is 0 Å². The lowest BCUT2D eigenvalue weighted by Crippen LogP contribution is -2.68. The maximum absolute atomic E-state index is 16.8. The lowest BCUT2D eigenvalue weighted by molar-refractivity contribution is -0.222. The molecule has 6 nitrogen and oxygen atoms in total. The van der Waals surface area contributed by atoms with Crippen LogP contribution in [0.3, 0.4) is 0 Å².